The minimum Gasteiger partial charge on any atom is -0.438 e. The summed E-state index contributed by atoms with van der Waals surface area (Å²) in [7, 11) is 1.45. The summed E-state index contributed by atoms with van der Waals surface area (Å²) in [6, 6.07) is 0. The molecule has 0 aromatic heterocycles. The lowest BCUT2D eigenvalue weighted by Gasteiger charge is -2.32. The lowest BCUT2D eigenvalue weighted by Crippen LogP contribution is -2.35. The van der Waals surface area contributed by atoms with Crippen LogP contribution in [0.15, 0.2) is 12.2 Å². The Labute approximate surface area is 116 Å². The molecule has 4 rings (SSSR count). The Bertz CT molecular complexity index is 536. The molecule has 0 spiro atoms. The van der Waals surface area contributed by atoms with Crippen LogP contribution in [0.4, 0.5) is 0 Å². The topological polar surface area (TPSA) is 69.7 Å². The molecular weight excluding hydrogens is 260 g/mol. The normalized spacial score (nSPS) is 47.1. The summed E-state index contributed by atoms with van der Waals surface area (Å²) >= 11 is 0. The zero-order valence-corrected chi connectivity index (χ0v) is 11.2. The first-order valence-electron chi connectivity index (χ1n) is 7.06. The van der Waals surface area contributed by atoms with Gasteiger partial charge in [0.2, 0.25) is 0 Å². The highest BCUT2D eigenvalue weighted by molar-refractivity contribution is 6.01. The summed E-state index contributed by atoms with van der Waals surface area (Å²) in [6.07, 6.45) is 4.43. The Hall–Kier alpha value is -1.49. The molecule has 7 unspecified atom stereocenters. The second-order valence-corrected chi connectivity index (χ2v) is 6.24. The molecule has 4 aliphatic carbocycles. The van der Waals surface area contributed by atoms with E-state index in [4.69, 9.17) is 9.47 Å². The number of ketones is 2. The van der Waals surface area contributed by atoms with Crippen molar-refractivity contribution < 1.29 is 23.9 Å². The third kappa shape index (κ3) is 1.29. The van der Waals surface area contributed by atoms with Crippen LogP contribution in [0.2, 0.25) is 0 Å². The van der Waals surface area contributed by atoms with Crippen molar-refractivity contribution in [2.45, 2.75) is 6.42 Å². The number of ether oxygens (including phenoxy) is 2. The van der Waals surface area contributed by atoms with Crippen LogP contribution in [0.3, 0.4) is 0 Å². The molecule has 4 bridgehead atoms. The maximum absolute atomic E-state index is 12.4. The van der Waals surface area contributed by atoms with E-state index in [1.807, 2.05) is 12.2 Å². The van der Waals surface area contributed by atoms with E-state index in [1.165, 1.54) is 7.11 Å². The van der Waals surface area contributed by atoms with Crippen LogP contribution in [-0.4, -0.2) is 31.4 Å². The molecule has 0 heterocycles. The first kappa shape index (κ1) is 12.3. The van der Waals surface area contributed by atoms with Crippen molar-refractivity contribution in [1.29, 1.82) is 0 Å². The number of allylic oxidation sites excluding steroid dienone is 2. The molecule has 0 N–H and O–H groups in total. The van der Waals surface area contributed by atoms with Crippen LogP contribution in [0, 0.1) is 41.4 Å². The molecule has 7 atom stereocenters. The number of Topliss-reactive ketones (excluding diaryl/α,β-unsaturated/α-hetero) is 2. The molecule has 4 aliphatic rings. The maximum Gasteiger partial charge on any atom is 0.311 e. The Morgan fingerprint density at radius 2 is 1.90 bits per heavy atom. The number of carbonyl (C=O) groups is 3. The number of carbonyl (C=O) groups excluding carboxylic acids is 3. The minimum atomic E-state index is -0.385. The third-order valence-corrected chi connectivity index (χ3v) is 5.59. The third-order valence-electron chi connectivity index (χ3n) is 5.59. The monoisotopic (exact) mass is 276 g/mol. The molecule has 0 aromatic rings. The smallest absolute Gasteiger partial charge is 0.311 e. The van der Waals surface area contributed by atoms with Gasteiger partial charge in [-0.1, -0.05) is 12.2 Å². The van der Waals surface area contributed by atoms with Gasteiger partial charge in [-0.05, 0) is 18.3 Å². The Kier molecular flexibility index (Phi) is 2.46. The van der Waals surface area contributed by atoms with Gasteiger partial charge in [0.15, 0.2) is 6.79 Å². The predicted octanol–water partition coefficient (Wildman–Crippen LogP) is 0.586. The second-order valence-electron chi connectivity index (χ2n) is 6.24. The highest BCUT2D eigenvalue weighted by Gasteiger charge is 2.69. The second kappa shape index (κ2) is 4.01. The Morgan fingerprint density at radius 1 is 1.20 bits per heavy atom. The zero-order valence-electron chi connectivity index (χ0n) is 11.2. The molecule has 3 fully saturated rings. The van der Waals surface area contributed by atoms with Crippen molar-refractivity contribution in [3.63, 3.8) is 0 Å². The zero-order chi connectivity index (χ0) is 14.0. The van der Waals surface area contributed by atoms with Crippen LogP contribution in [0.5, 0.6) is 0 Å². The van der Waals surface area contributed by atoms with Crippen molar-refractivity contribution in [1.82, 2.24) is 0 Å². The Balaban J connectivity index is 1.62. The summed E-state index contributed by atoms with van der Waals surface area (Å²) in [4.78, 5) is 36.6. The van der Waals surface area contributed by atoms with Gasteiger partial charge in [-0.15, -0.1) is 0 Å². The lowest BCUT2D eigenvalue weighted by molar-refractivity contribution is -0.162. The van der Waals surface area contributed by atoms with Gasteiger partial charge in [0.05, 0.1) is 5.92 Å². The van der Waals surface area contributed by atoms with Gasteiger partial charge in [-0.3, -0.25) is 14.4 Å². The summed E-state index contributed by atoms with van der Waals surface area (Å²) in [5.41, 5.74) is 0. The van der Waals surface area contributed by atoms with Crippen LogP contribution in [-0.2, 0) is 23.9 Å². The fourth-order valence-electron chi connectivity index (χ4n) is 5.00. The number of hydrogen-bond acceptors (Lipinski definition) is 5. The quantitative estimate of drug-likeness (QED) is 0.326. The van der Waals surface area contributed by atoms with E-state index in [0.717, 1.165) is 0 Å². The standard InChI is InChI=1S/C15H16O5/c1-19-5-20-15(18)9-4-8-10-6-2-3-7(13(6)16)11(10)12(9)14(8)17/h2-3,6-12H,4-5H2,1H3. The van der Waals surface area contributed by atoms with Gasteiger partial charge < -0.3 is 9.47 Å². The number of esters is 1. The number of hydrogen-bond donors (Lipinski definition) is 0. The van der Waals surface area contributed by atoms with Crippen molar-refractivity contribution in [3.05, 3.63) is 12.2 Å². The van der Waals surface area contributed by atoms with E-state index >= 15 is 0 Å². The molecule has 3 saturated carbocycles. The molecule has 0 amide bonds. The average Bonchev–Trinajstić information content (AvgIpc) is 3.14. The highest BCUT2D eigenvalue weighted by atomic mass is 16.7. The summed E-state index contributed by atoms with van der Waals surface area (Å²) in [5, 5.41) is 0. The maximum atomic E-state index is 12.4. The van der Waals surface area contributed by atoms with Crippen LogP contribution in [0.25, 0.3) is 0 Å². The molecule has 0 aliphatic heterocycles. The number of methoxy groups -OCH3 is 1. The number of fused-ring (bicyclic) bond motifs is 9. The van der Waals surface area contributed by atoms with E-state index in [9.17, 15) is 14.4 Å². The summed E-state index contributed by atoms with van der Waals surface area (Å²) in [5.74, 6) is -0.840. The molecular formula is C15H16O5. The first-order valence-corrected chi connectivity index (χ1v) is 7.06. The van der Waals surface area contributed by atoms with Crippen LogP contribution >= 0.6 is 0 Å². The first-order chi connectivity index (χ1) is 9.65. The SMILES string of the molecule is COCOC(=O)C1CC2C(=O)C1C1C3C=CC(C3=O)C21. The van der Waals surface area contributed by atoms with Gasteiger partial charge in [-0.2, -0.15) is 0 Å². The van der Waals surface area contributed by atoms with Gasteiger partial charge >= 0.3 is 5.97 Å². The van der Waals surface area contributed by atoms with E-state index in [2.05, 4.69) is 0 Å². The van der Waals surface area contributed by atoms with Gasteiger partial charge in [0.25, 0.3) is 0 Å². The number of rotatable bonds is 3. The minimum absolute atomic E-state index is 0.0313. The fraction of sp³-hybridized carbons (Fsp3) is 0.667. The van der Waals surface area contributed by atoms with Crippen molar-refractivity contribution >= 4 is 17.5 Å². The molecule has 5 nitrogen and oxygen atoms in total. The van der Waals surface area contributed by atoms with E-state index in [-0.39, 0.29) is 65.8 Å². The van der Waals surface area contributed by atoms with E-state index in [0.29, 0.717) is 6.42 Å². The van der Waals surface area contributed by atoms with Crippen LogP contribution in [0.1, 0.15) is 6.42 Å². The highest BCUT2D eigenvalue weighted by Crippen LogP contribution is 2.64. The lowest BCUT2D eigenvalue weighted by atomic mass is 9.69. The van der Waals surface area contributed by atoms with E-state index in [1.54, 1.807) is 0 Å². The largest absolute Gasteiger partial charge is 0.438 e. The molecule has 0 aromatic carbocycles. The summed E-state index contributed by atoms with van der Waals surface area (Å²) in [6.45, 7) is -0.0834. The Morgan fingerprint density at radius 3 is 2.60 bits per heavy atom. The summed E-state index contributed by atoms with van der Waals surface area (Å²) < 4.78 is 9.75. The molecule has 20 heavy (non-hydrogen) atoms. The van der Waals surface area contributed by atoms with Crippen LogP contribution < -0.4 is 0 Å². The fourth-order valence-corrected chi connectivity index (χ4v) is 5.00. The van der Waals surface area contributed by atoms with Gasteiger partial charge in [-0.25, -0.2) is 0 Å². The van der Waals surface area contributed by atoms with E-state index < -0.39 is 0 Å². The molecule has 5 heteroatoms. The molecule has 0 saturated heterocycles. The van der Waals surface area contributed by atoms with Gasteiger partial charge in [0, 0.05) is 30.8 Å². The molecule has 0 radical (unpaired) electrons. The van der Waals surface area contributed by atoms with Crippen molar-refractivity contribution in [2.75, 3.05) is 13.9 Å². The molecule has 106 valence electrons. The van der Waals surface area contributed by atoms with Crippen molar-refractivity contribution in [3.8, 4) is 0 Å². The van der Waals surface area contributed by atoms with Gasteiger partial charge in [0.1, 0.15) is 11.6 Å². The average molecular weight is 276 g/mol. The predicted molar refractivity (Wildman–Crippen MR) is 66.2 cm³/mol. The van der Waals surface area contributed by atoms with Crippen molar-refractivity contribution in [2.24, 2.45) is 41.4 Å².